The van der Waals surface area contributed by atoms with Crippen LogP contribution in [0.1, 0.15) is 38.5 Å². The summed E-state index contributed by atoms with van der Waals surface area (Å²) in [6.45, 7) is 2.57. The smallest absolute Gasteiger partial charge is 0.320 e. The second-order valence-corrected chi connectivity index (χ2v) is 5.96. The molecule has 0 amide bonds. The third kappa shape index (κ3) is 7.71. The third-order valence-corrected chi connectivity index (χ3v) is 4.08. The van der Waals surface area contributed by atoms with E-state index in [-0.39, 0.29) is 18.1 Å². The van der Waals surface area contributed by atoms with Gasteiger partial charge in [-0.3, -0.25) is 14.4 Å². The highest BCUT2D eigenvalue weighted by Crippen LogP contribution is 2.04. The maximum atomic E-state index is 10.1. The highest BCUT2D eigenvalue weighted by Gasteiger charge is 2.21. The van der Waals surface area contributed by atoms with Gasteiger partial charge in [0.15, 0.2) is 0 Å². The van der Waals surface area contributed by atoms with Crippen molar-refractivity contribution in [2.75, 3.05) is 19.6 Å². The average Bonchev–Trinajstić information content (AvgIpc) is 3.29. The Balaban J connectivity index is 0.000000180. The summed E-state index contributed by atoms with van der Waals surface area (Å²) in [5.41, 5.74) is 0. The van der Waals surface area contributed by atoms with Gasteiger partial charge in [-0.1, -0.05) is 0 Å². The highest BCUT2D eigenvalue weighted by molar-refractivity contribution is 5.74. The summed E-state index contributed by atoms with van der Waals surface area (Å²) in [6.07, 6.45) is 5.35. The molecule has 0 aromatic rings. The molecule has 0 aliphatic carbocycles. The Morgan fingerprint density at radius 1 is 0.583 bits per heavy atom. The van der Waals surface area contributed by atoms with Crippen molar-refractivity contribution in [1.82, 2.24) is 16.0 Å². The number of aliphatic carboxylic acids is 3. The van der Waals surface area contributed by atoms with Crippen LogP contribution in [-0.4, -0.2) is 71.0 Å². The van der Waals surface area contributed by atoms with E-state index in [0.29, 0.717) is 0 Å². The van der Waals surface area contributed by atoms with Crippen LogP contribution in [0.4, 0.5) is 0 Å². The number of nitrogens with one attached hydrogen (secondary N) is 3. The standard InChI is InChI=1S/3C5H9NO2/c3*7-5(8)4-2-1-3-6-4/h3*4,6H,1-3H2,(H,7,8)/t3*4-/m000/s1. The van der Waals surface area contributed by atoms with Crippen LogP contribution in [0, 0.1) is 0 Å². The van der Waals surface area contributed by atoms with E-state index in [4.69, 9.17) is 15.3 Å². The van der Waals surface area contributed by atoms with Gasteiger partial charge in [-0.15, -0.1) is 0 Å². The average molecular weight is 345 g/mol. The van der Waals surface area contributed by atoms with Crippen LogP contribution in [-0.2, 0) is 14.4 Å². The van der Waals surface area contributed by atoms with Crippen molar-refractivity contribution < 1.29 is 29.7 Å². The lowest BCUT2D eigenvalue weighted by Gasteiger charge is -1.99. The molecule has 3 heterocycles. The molecule has 6 N–H and O–H groups in total. The van der Waals surface area contributed by atoms with Crippen molar-refractivity contribution in [3.05, 3.63) is 0 Å². The summed E-state index contributed by atoms with van der Waals surface area (Å²) in [7, 11) is 0. The van der Waals surface area contributed by atoms with Crippen molar-refractivity contribution in [3.63, 3.8) is 0 Å². The van der Waals surface area contributed by atoms with Crippen molar-refractivity contribution in [2.24, 2.45) is 0 Å². The van der Waals surface area contributed by atoms with Crippen LogP contribution in [0.2, 0.25) is 0 Å². The quantitative estimate of drug-likeness (QED) is 0.397. The highest BCUT2D eigenvalue weighted by atomic mass is 16.4. The Kier molecular flexibility index (Phi) is 9.28. The normalized spacial score (nSPS) is 28.2. The number of carboxylic acid groups (broad SMARTS) is 3. The van der Waals surface area contributed by atoms with E-state index >= 15 is 0 Å². The summed E-state index contributed by atoms with van der Waals surface area (Å²) in [5.74, 6) is -2.16. The number of hydrogen-bond donors (Lipinski definition) is 6. The predicted octanol–water partition coefficient (Wildman–Crippen LogP) is -0.531. The van der Waals surface area contributed by atoms with Crippen molar-refractivity contribution in [2.45, 2.75) is 56.7 Å². The summed E-state index contributed by atoms with van der Waals surface area (Å²) in [4.78, 5) is 30.4. The monoisotopic (exact) mass is 345 g/mol. The van der Waals surface area contributed by atoms with Gasteiger partial charge in [0.25, 0.3) is 0 Å². The molecule has 3 rings (SSSR count). The Morgan fingerprint density at radius 3 is 0.917 bits per heavy atom. The minimum atomic E-state index is -0.720. The Bertz CT molecular complexity index is 352. The van der Waals surface area contributed by atoms with Gasteiger partial charge in [0.1, 0.15) is 18.1 Å². The summed E-state index contributed by atoms with van der Waals surface area (Å²) >= 11 is 0. The van der Waals surface area contributed by atoms with Gasteiger partial charge in [-0.05, 0) is 58.2 Å². The topological polar surface area (TPSA) is 148 Å². The summed E-state index contributed by atoms with van der Waals surface area (Å²) in [5, 5.41) is 33.6. The van der Waals surface area contributed by atoms with Crippen molar-refractivity contribution in [3.8, 4) is 0 Å². The van der Waals surface area contributed by atoms with E-state index in [1.807, 2.05) is 0 Å². The van der Waals surface area contributed by atoms with Crippen LogP contribution < -0.4 is 16.0 Å². The van der Waals surface area contributed by atoms with Gasteiger partial charge in [0, 0.05) is 0 Å². The van der Waals surface area contributed by atoms with Crippen LogP contribution >= 0.6 is 0 Å². The number of carboxylic acids is 3. The van der Waals surface area contributed by atoms with Crippen LogP contribution in [0.5, 0.6) is 0 Å². The van der Waals surface area contributed by atoms with Gasteiger partial charge in [0.05, 0.1) is 0 Å². The zero-order valence-electron chi connectivity index (χ0n) is 13.7. The molecule has 24 heavy (non-hydrogen) atoms. The molecule has 0 aromatic carbocycles. The molecule has 3 fully saturated rings. The first kappa shape index (κ1) is 20.3. The Hall–Kier alpha value is -1.71. The van der Waals surface area contributed by atoms with Gasteiger partial charge >= 0.3 is 17.9 Å². The maximum absolute atomic E-state index is 10.1. The van der Waals surface area contributed by atoms with Gasteiger partial charge in [0.2, 0.25) is 0 Å². The lowest BCUT2D eigenvalue weighted by molar-refractivity contribution is -0.140. The molecule has 3 atom stereocenters. The minimum absolute atomic E-state index is 0.269. The molecule has 3 aliphatic rings. The van der Waals surface area contributed by atoms with E-state index in [1.54, 1.807) is 0 Å². The lowest BCUT2D eigenvalue weighted by atomic mass is 10.2. The largest absolute Gasteiger partial charge is 0.480 e. The zero-order valence-corrected chi connectivity index (χ0v) is 13.7. The molecule has 0 saturated carbocycles. The molecule has 3 aliphatic heterocycles. The Labute approximate surface area is 140 Å². The van der Waals surface area contributed by atoms with E-state index in [0.717, 1.165) is 58.2 Å². The van der Waals surface area contributed by atoms with Gasteiger partial charge in [-0.25, -0.2) is 0 Å². The fourth-order valence-electron chi connectivity index (χ4n) is 2.69. The molecule has 0 radical (unpaired) electrons. The van der Waals surface area contributed by atoms with Crippen molar-refractivity contribution in [1.29, 1.82) is 0 Å². The predicted molar refractivity (Wildman–Crippen MR) is 86.0 cm³/mol. The number of hydrogen-bond acceptors (Lipinski definition) is 6. The molecule has 9 nitrogen and oxygen atoms in total. The van der Waals surface area contributed by atoms with E-state index in [1.165, 1.54) is 0 Å². The molecule has 0 spiro atoms. The first-order chi connectivity index (χ1) is 11.4. The molecule has 0 bridgehead atoms. The van der Waals surface area contributed by atoms with E-state index in [2.05, 4.69) is 16.0 Å². The molecular formula is C15H27N3O6. The van der Waals surface area contributed by atoms with Crippen LogP contribution in [0.25, 0.3) is 0 Å². The van der Waals surface area contributed by atoms with Gasteiger partial charge < -0.3 is 31.3 Å². The molecule has 0 aromatic heterocycles. The molecule has 9 heteroatoms. The van der Waals surface area contributed by atoms with Crippen LogP contribution in [0.15, 0.2) is 0 Å². The van der Waals surface area contributed by atoms with Crippen LogP contribution in [0.3, 0.4) is 0 Å². The second kappa shape index (κ2) is 11.0. The number of carbonyl (C=O) groups is 3. The van der Waals surface area contributed by atoms with E-state index in [9.17, 15) is 14.4 Å². The minimum Gasteiger partial charge on any atom is -0.480 e. The second-order valence-electron chi connectivity index (χ2n) is 5.96. The van der Waals surface area contributed by atoms with Gasteiger partial charge in [-0.2, -0.15) is 0 Å². The van der Waals surface area contributed by atoms with Crippen molar-refractivity contribution >= 4 is 17.9 Å². The molecular weight excluding hydrogens is 318 g/mol. The molecule has 3 saturated heterocycles. The fraction of sp³-hybridized carbons (Fsp3) is 0.800. The van der Waals surface area contributed by atoms with E-state index < -0.39 is 17.9 Å². The maximum Gasteiger partial charge on any atom is 0.320 e. The first-order valence-electron chi connectivity index (χ1n) is 8.30. The Morgan fingerprint density at radius 2 is 0.833 bits per heavy atom. The zero-order chi connectivity index (χ0) is 17.9. The third-order valence-electron chi connectivity index (χ3n) is 4.08. The first-order valence-corrected chi connectivity index (χ1v) is 8.30. The number of rotatable bonds is 3. The molecule has 138 valence electrons. The SMILES string of the molecule is O=C(O)[C@@H]1CCCN1.O=C(O)[C@@H]1CCCN1.O=C(O)[C@@H]1CCCN1. The summed E-state index contributed by atoms with van der Waals surface area (Å²) in [6, 6.07) is -0.806. The fourth-order valence-corrected chi connectivity index (χ4v) is 2.69. The molecule has 0 unspecified atom stereocenters. The summed E-state index contributed by atoms with van der Waals surface area (Å²) < 4.78 is 0. The lowest BCUT2D eigenvalue weighted by Crippen LogP contribution is -2.29.